The second-order valence-electron chi connectivity index (χ2n) is 5.39. The number of hydrogen-bond donors (Lipinski definition) is 0. The number of rotatable bonds is 2. The van der Waals surface area contributed by atoms with Crippen LogP contribution in [0.4, 0.5) is 0 Å². The SMILES string of the molecule is COc1ccc(-c2cc([13CH3])cc3c2CCCC3)cc1. The van der Waals surface area contributed by atoms with Crippen molar-refractivity contribution in [2.45, 2.75) is 32.6 Å². The maximum atomic E-state index is 5.24. The molecule has 0 bridgehead atoms. The molecule has 0 amide bonds. The highest BCUT2D eigenvalue weighted by atomic mass is 16.5. The molecule has 19 heavy (non-hydrogen) atoms. The van der Waals surface area contributed by atoms with E-state index in [4.69, 9.17) is 4.74 Å². The fraction of sp³-hybridized carbons (Fsp3) is 0.333. The Hall–Kier alpha value is -1.76. The second kappa shape index (κ2) is 5.08. The summed E-state index contributed by atoms with van der Waals surface area (Å²) in [7, 11) is 1.71. The summed E-state index contributed by atoms with van der Waals surface area (Å²) in [4.78, 5) is 0. The van der Waals surface area contributed by atoms with Gasteiger partial charge in [-0.05, 0) is 67.0 Å². The first-order valence-corrected chi connectivity index (χ1v) is 7.05. The molecule has 0 unspecified atom stereocenters. The van der Waals surface area contributed by atoms with E-state index >= 15 is 0 Å². The van der Waals surface area contributed by atoms with Crippen LogP contribution in [0.3, 0.4) is 0 Å². The molecular formula is C18H20O. The molecular weight excluding hydrogens is 233 g/mol. The Balaban J connectivity index is 2.10. The van der Waals surface area contributed by atoms with Crippen molar-refractivity contribution in [3.63, 3.8) is 0 Å². The van der Waals surface area contributed by atoms with Crippen molar-refractivity contribution in [2.24, 2.45) is 0 Å². The minimum atomic E-state index is 0.922. The van der Waals surface area contributed by atoms with Crippen LogP contribution in [0.2, 0.25) is 0 Å². The van der Waals surface area contributed by atoms with E-state index in [2.05, 4.69) is 31.2 Å². The lowest BCUT2D eigenvalue weighted by atomic mass is 9.85. The Labute approximate surface area is 115 Å². The van der Waals surface area contributed by atoms with Gasteiger partial charge in [-0.2, -0.15) is 0 Å². The van der Waals surface area contributed by atoms with Crippen molar-refractivity contribution in [2.75, 3.05) is 7.11 Å². The molecule has 1 aliphatic carbocycles. The Bertz CT molecular complexity index is 581. The smallest absolute Gasteiger partial charge is 0.118 e. The van der Waals surface area contributed by atoms with Crippen molar-refractivity contribution >= 4 is 0 Å². The van der Waals surface area contributed by atoms with E-state index in [0.29, 0.717) is 0 Å². The molecule has 98 valence electrons. The molecule has 0 aliphatic heterocycles. The first-order chi connectivity index (χ1) is 9.28. The number of hydrogen-bond acceptors (Lipinski definition) is 1. The van der Waals surface area contributed by atoms with Gasteiger partial charge in [-0.25, -0.2) is 0 Å². The predicted molar refractivity (Wildman–Crippen MR) is 79.8 cm³/mol. The van der Waals surface area contributed by atoms with E-state index in [9.17, 15) is 0 Å². The average molecular weight is 253 g/mol. The van der Waals surface area contributed by atoms with Gasteiger partial charge in [0.25, 0.3) is 0 Å². The lowest BCUT2D eigenvalue weighted by Gasteiger charge is -2.20. The van der Waals surface area contributed by atoms with Crippen molar-refractivity contribution in [1.82, 2.24) is 0 Å². The van der Waals surface area contributed by atoms with Crippen molar-refractivity contribution < 1.29 is 4.74 Å². The summed E-state index contributed by atoms with van der Waals surface area (Å²) in [5.74, 6) is 0.922. The lowest BCUT2D eigenvalue weighted by molar-refractivity contribution is 0.415. The zero-order chi connectivity index (χ0) is 13.2. The summed E-state index contributed by atoms with van der Waals surface area (Å²) < 4.78 is 5.24. The van der Waals surface area contributed by atoms with Gasteiger partial charge < -0.3 is 4.74 Å². The van der Waals surface area contributed by atoms with Gasteiger partial charge in [0.1, 0.15) is 5.75 Å². The van der Waals surface area contributed by atoms with E-state index in [0.717, 1.165) is 5.75 Å². The van der Waals surface area contributed by atoms with Gasteiger partial charge in [0.05, 0.1) is 7.11 Å². The summed E-state index contributed by atoms with van der Waals surface area (Å²) in [6, 6.07) is 13.1. The highest BCUT2D eigenvalue weighted by molar-refractivity contribution is 5.70. The molecule has 0 heterocycles. The van der Waals surface area contributed by atoms with Crippen molar-refractivity contribution in [3.8, 4) is 16.9 Å². The molecule has 0 spiro atoms. The molecule has 0 radical (unpaired) electrons. The van der Waals surface area contributed by atoms with E-state index in [1.165, 1.54) is 42.4 Å². The monoisotopic (exact) mass is 253 g/mol. The third-order valence-electron chi connectivity index (χ3n) is 4.01. The van der Waals surface area contributed by atoms with Crippen LogP contribution in [0.1, 0.15) is 29.5 Å². The summed E-state index contributed by atoms with van der Waals surface area (Å²) in [6.45, 7) is 2.20. The fourth-order valence-corrected chi connectivity index (χ4v) is 3.06. The molecule has 2 aromatic carbocycles. The fourth-order valence-electron chi connectivity index (χ4n) is 3.06. The molecule has 1 nitrogen and oxygen atoms in total. The Morgan fingerprint density at radius 1 is 0.947 bits per heavy atom. The minimum absolute atomic E-state index is 0.922. The van der Waals surface area contributed by atoms with Crippen LogP contribution >= 0.6 is 0 Å². The molecule has 0 saturated carbocycles. The van der Waals surface area contributed by atoms with Crippen LogP contribution < -0.4 is 4.74 Å². The quantitative estimate of drug-likeness (QED) is 0.713. The normalized spacial score (nSPS) is 14.0. The molecule has 0 saturated heterocycles. The standard InChI is InChI=1S/C18H20O/c1-13-11-15-5-3-4-6-17(15)18(12-13)14-7-9-16(19-2)10-8-14/h7-12H,3-6H2,1-2H3/i1+1. The zero-order valence-electron chi connectivity index (χ0n) is 11.7. The van der Waals surface area contributed by atoms with Gasteiger partial charge in [0, 0.05) is 0 Å². The number of aryl methyl sites for hydroxylation is 2. The van der Waals surface area contributed by atoms with Crippen LogP contribution in [-0.2, 0) is 12.8 Å². The third kappa shape index (κ3) is 2.37. The van der Waals surface area contributed by atoms with Crippen LogP contribution in [-0.4, -0.2) is 7.11 Å². The predicted octanol–water partition coefficient (Wildman–Crippen LogP) is 4.55. The van der Waals surface area contributed by atoms with Crippen LogP contribution in [0, 0.1) is 6.92 Å². The molecule has 0 N–H and O–H groups in total. The zero-order valence-corrected chi connectivity index (χ0v) is 11.7. The average Bonchev–Trinajstić information content (AvgIpc) is 2.46. The highest BCUT2D eigenvalue weighted by Gasteiger charge is 2.15. The molecule has 3 rings (SSSR count). The van der Waals surface area contributed by atoms with E-state index < -0.39 is 0 Å². The summed E-state index contributed by atoms with van der Waals surface area (Å²) in [5, 5.41) is 0. The van der Waals surface area contributed by atoms with Gasteiger partial charge in [0.2, 0.25) is 0 Å². The minimum Gasteiger partial charge on any atom is -0.497 e. The highest BCUT2D eigenvalue weighted by Crippen LogP contribution is 2.33. The van der Waals surface area contributed by atoms with Gasteiger partial charge in [-0.3, -0.25) is 0 Å². The largest absolute Gasteiger partial charge is 0.497 e. The second-order valence-corrected chi connectivity index (χ2v) is 5.39. The van der Waals surface area contributed by atoms with Gasteiger partial charge in [-0.1, -0.05) is 29.8 Å². The van der Waals surface area contributed by atoms with E-state index in [-0.39, 0.29) is 0 Å². The van der Waals surface area contributed by atoms with E-state index in [1.807, 2.05) is 12.1 Å². The number of methoxy groups -OCH3 is 1. The maximum absolute atomic E-state index is 5.24. The number of fused-ring (bicyclic) bond motifs is 1. The molecule has 0 fully saturated rings. The Morgan fingerprint density at radius 3 is 2.42 bits per heavy atom. The van der Waals surface area contributed by atoms with Crippen molar-refractivity contribution in [3.05, 3.63) is 53.1 Å². The van der Waals surface area contributed by atoms with Crippen LogP contribution in [0.25, 0.3) is 11.1 Å². The van der Waals surface area contributed by atoms with Gasteiger partial charge in [0.15, 0.2) is 0 Å². The number of ether oxygens (including phenoxy) is 1. The summed E-state index contributed by atoms with van der Waals surface area (Å²) in [6.07, 6.45) is 5.11. The molecule has 0 atom stereocenters. The molecule has 2 aromatic rings. The lowest BCUT2D eigenvalue weighted by Crippen LogP contribution is -2.05. The van der Waals surface area contributed by atoms with Crippen LogP contribution in [0.15, 0.2) is 36.4 Å². The Morgan fingerprint density at radius 2 is 1.68 bits per heavy atom. The molecule has 0 aromatic heterocycles. The topological polar surface area (TPSA) is 9.23 Å². The van der Waals surface area contributed by atoms with Crippen LogP contribution in [0.5, 0.6) is 5.75 Å². The maximum Gasteiger partial charge on any atom is 0.118 e. The van der Waals surface area contributed by atoms with Crippen molar-refractivity contribution in [1.29, 1.82) is 0 Å². The molecule has 1 heteroatoms. The molecule has 1 aliphatic rings. The van der Waals surface area contributed by atoms with Gasteiger partial charge in [-0.15, -0.1) is 0 Å². The Kier molecular flexibility index (Phi) is 3.29. The number of benzene rings is 2. The summed E-state index contributed by atoms with van der Waals surface area (Å²) >= 11 is 0. The van der Waals surface area contributed by atoms with E-state index in [1.54, 1.807) is 18.2 Å². The summed E-state index contributed by atoms with van der Waals surface area (Å²) in [5.41, 5.74) is 7.20. The first kappa shape index (κ1) is 12.3. The third-order valence-corrected chi connectivity index (χ3v) is 4.01. The van der Waals surface area contributed by atoms with Gasteiger partial charge >= 0.3 is 0 Å². The first-order valence-electron chi connectivity index (χ1n) is 7.05.